The highest BCUT2D eigenvalue weighted by Crippen LogP contribution is 2.17. The van der Waals surface area contributed by atoms with Crippen molar-refractivity contribution in [3.05, 3.63) is 46.2 Å². The summed E-state index contributed by atoms with van der Waals surface area (Å²) in [5.41, 5.74) is 0.795. The van der Waals surface area contributed by atoms with E-state index in [9.17, 15) is 14.7 Å². The first-order chi connectivity index (χ1) is 12.1. The molecule has 5 heteroatoms. The van der Waals surface area contributed by atoms with E-state index in [1.807, 2.05) is 24.3 Å². The summed E-state index contributed by atoms with van der Waals surface area (Å²) in [5, 5.41) is 10.2. The van der Waals surface area contributed by atoms with Crippen LogP contribution in [0, 0.1) is 11.8 Å². The van der Waals surface area contributed by atoms with E-state index in [1.165, 1.54) is 0 Å². The predicted molar refractivity (Wildman–Crippen MR) is 96.3 cm³/mol. The smallest absolute Gasteiger partial charge is 0.345 e. The standard InChI is InChI=1S/C20H21ClO4/c21-16-12-10-15(11-13-16)8-6-4-2-1-3-5-7-9-17(22)19-18(23)14-25-20(19)24/h10-13,23H,1-5,7,9,14H2. The van der Waals surface area contributed by atoms with Crippen LogP contribution in [0.1, 0.15) is 50.5 Å². The van der Waals surface area contributed by atoms with Crippen LogP contribution in [0.15, 0.2) is 35.6 Å². The number of hydrogen-bond acceptors (Lipinski definition) is 4. The minimum absolute atomic E-state index is 0.169. The molecule has 132 valence electrons. The molecule has 0 amide bonds. The first kappa shape index (κ1) is 19.1. The monoisotopic (exact) mass is 360 g/mol. The summed E-state index contributed by atoms with van der Waals surface area (Å²) in [6.45, 7) is -0.184. The Labute approximate surface area is 152 Å². The van der Waals surface area contributed by atoms with Gasteiger partial charge in [-0.15, -0.1) is 0 Å². The molecule has 0 radical (unpaired) electrons. The number of Topliss-reactive ketones (excluding diaryl/α,β-unsaturated/α-hetero) is 1. The van der Waals surface area contributed by atoms with E-state index >= 15 is 0 Å². The summed E-state index contributed by atoms with van der Waals surface area (Å²) in [5.74, 6) is 4.97. The highest BCUT2D eigenvalue weighted by atomic mass is 35.5. The van der Waals surface area contributed by atoms with Gasteiger partial charge in [-0.05, 0) is 37.1 Å². The molecule has 1 aliphatic heterocycles. The molecule has 0 atom stereocenters. The number of carbonyl (C=O) groups excluding carboxylic acids is 2. The number of rotatable bonds is 8. The van der Waals surface area contributed by atoms with E-state index in [4.69, 9.17) is 11.6 Å². The van der Waals surface area contributed by atoms with Gasteiger partial charge in [0.25, 0.3) is 0 Å². The normalized spacial score (nSPS) is 13.4. The molecule has 1 heterocycles. The fourth-order valence-corrected chi connectivity index (χ4v) is 2.65. The highest BCUT2D eigenvalue weighted by Gasteiger charge is 2.29. The van der Waals surface area contributed by atoms with Gasteiger partial charge < -0.3 is 9.84 Å². The van der Waals surface area contributed by atoms with Crippen molar-refractivity contribution in [2.75, 3.05) is 6.61 Å². The van der Waals surface area contributed by atoms with Crippen LogP contribution < -0.4 is 0 Å². The van der Waals surface area contributed by atoms with Gasteiger partial charge in [0.2, 0.25) is 0 Å². The Kier molecular flexibility index (Phi) is 7.56. The number of aliphatic hydroxyl groups is 1. The van der Waals surface area contributed by atoms with Gasteiger partial charge >= 0.3 is 5.97 Å². The fraction of sp³-hybridized carbons (Fsp3) is 0.400. The number of carbonyl (C=O) groups is 2. The zero-order chi connectivity index (χ0) is 18.1. The molecule has 0 saturated heterocycles. The van der Waals surface area contributed by atoms with E-state index in [2.05, 4.69) is 16.6 Å². The first-order valence-electron chi connectivity index (χ1n) is 8.45. The summed E-state index contributed by atoms with van der Waals surface area (Å²) in [6, 6.07) is 7.46. The van der Waals surface area contributed by atoms with Crippen LogP contribution in [0.25, 0.3) is 0 Å². The summed E-state index contributed by atoms with van der Waals surface area (Å²) in [7, 11) is 0. The van der Waals surface area contributed by atoms with Crippen LogP contribution in [0.2, 0.25) is 5.02 Å². The Morgan fingerprint density at radius 2 is 1.80 bits per heavy atom. The van der Waals surface area contributed by atoms with Gasteiger partial charge in [-0.2, -0.15) is 0 Å². The Bertz CT molecular complexity index is 707. The van der Waals surface area contributed by atoms with E-state index in [-0.39, 0.29) is 30.1 Å². The molecule has 1 aromatic rings. The molecule has 1 aromatic carbocycles. The van der Waals surface area contributed by atoms with Crippen LogP contribution in [0.4, 0.5) is 0 Å². The van der Waals surface area contributed by atoms with Crippen molar-refractivity contribution in [1.29, 1.82) is 0 Å². The number of unbranched alkanes of at least 4 members (excludes halogenated alkanes) is 5. The predicted octanol–water partition coefficient (Wildman–Crippen LogP) is 4.36. The lowest BCUT2D eigenvalue weighted by atomic mass is 10.0. The van der Waals surface area contributed by atoms with E-state index in [0.29, 0.717) is 11.4 Å². The Morgan fingerprint density at radius 3 is 2.48 bits per heavy atom. The molecule has 0 bridgehead atoms. The maximum atomic E-state index is 11.9. The van der Waals surface area contributed by atoms with Crippen molar-refractivity contribution in [3.63, 3.8) is 0 Å². The number of benzene rings is 1. The lowest BCUT2D eigenvalue weighted by Gasteiger charge is -2.01. The number of hydrogen-bond donors (Lipinski definition) is 1. The molecule has 2 rings (SSSR count). The molecule has 0 spiro atoms. The van der Waals surface area contributed by atoms with Crippen LogP contribution in [0.5, 0.6) is 0 Å². The van der Waals surface area contributed by atoms with Gasteiger partial charge in [0.1, 0.15) is 17.9 Å². The number of esters is 1. The molecular formula is C20H21ClO4. The van der Waals surface area contributed by atoms with Gasteiger partial charge in [0.15, 0.2) is 5.78 Å². The van der Waals surface area contributed by atoms with E-state index < -0.39 is 5.97 Å². The van der Waals surface area contributed by atoms with Crippen molar-refractivity contribution in [2.45, 2.75) is 44.9 Å². The summed E-state index contributed by atoms with van der Waals surface area (Å²) in [6.07, 6.45) is 5.83. The second-order valence-electron chi connectivity index (χ2n) is 5.90. The zero-order valence-electron chi connectivity index (χ0n) is 14.0. The maximum Gasteiger partial charge on any atom is 0.345 e. The second kappa shape index (κ2) is 9.90. The molecular weight excluding hydrogens is 340 g/mol. The van der Waals surface area contributed by atoms with Gasteiger partial charge in [-0.1, -0.05) is 42.7 Å². The van der Waals surface area contributed by atoms with Crippen LogP contribution in [-0.2, 0) is 14.3 Å². The van der Waals surface area contributed by atoms with Gasteiger partial charge in [0.05, 0.1) is 0 Å². The minimum Gasteiger partial charge on any atom is -0.508 e. The van der Waals surface area contributed by atoms with Gasteiger partial charge in [-0.25, -0.2) is 4.79 Å². The molecule has 0 saturated carbocycles. The van der Waals surface area contributed by atoms with Crippen molar-refractivity contribution in [1.82, 2.24) is 0 Å². The number of cyclic esters (lactones) is 1. The third kappa shape index (κ3) is 6.28. The topological polar surface area (TPSA) is 63.6 Å². The van der Waals surface area contributed by atoms with Crippen molar-refractivity contribution >= 4 is 23.4 Å². The quantitative estimate of drug-likeness (QED) is 0.324. The Hall–Kier alpha value is -2.25. The number of aliphatic hydroxyl groups excluding tert-OH is 1. The average Bonchev–Trinajstić information content (AvgIpc) is 2.93. The maximum absolute atomic E-state index is 11.9. The van der Waals surface area contributed by atoms with Gasteiger partial charge in [0, 0.05) is 23.4 Å². The number of ether oxygens (including phenoxy) is 1. The third-order valence-electron chi connectivity index (χ3n) is 3.89. The number of ketones is 1. The Balaban J connectivity index is 1.54. The van der Waals surface area contributed by atoms with Crippen molar-refractivity contribution in [2.24, 2.45) is 0 Å². The minimum atomic E-state index is -0.707. The molecule has 25 heavy (non-hydrogen) atoms. The van der Waals surface area contributed by atoms with Gasteiger partial charge in [-0.3, -0.25) is 4.79 Å². The molecule has 4 nitrogen and oxygen atoms in total. The number of halogens is 1. The first-order valence-corrected chi connectivity index (χ1v) is 8.82. The third-order valence-corrected chi connectivity index (χ3v) is 4.15. The van der Waals surface area contributed by atoms with Crippen LogP contribution >= 0.6 is 11.6 Å². The Morgan fingerprint density at radius 1 is 1.12 bits per heavy atom. The lowest BCUT2D eigenvalue weighted by molar-refractivity contribution is -0.137. The molecule has 1 N–H and O–H groups in total. The largest absolute Gasteiger partial charge is 0.508 e. The molecule has 1 aliphatic rings. The van der Waals surface area contributed by atoms with Crippen molar-refractivity contribution < 1.29 is 19.4 Å². The zero-order valence-corrected chi connectivity index (χ0v) is 14.8. The van der Waals surface area contributed by atoms with Crippen LogP contribution in [0.3, 0.4) is 0 Å². The summed E-state index contributed by atoms with van der Waals surface area (Å²) < 4.78 is 4.62. The molecule has 0 fully saturated rings. The molecule has 0 aromatic heterocycles. The fourth-order valence-electron chi connectivity index (χ4n) is 2.52. The summed E-state index contributed by atoms with van der Waals surface area (Å²) in [4.78, 5) is 23.2. The van der Waals surface area contributed by atoms with E-state index in [0.717, 1.165) is 37.7 Å². The average molecular weight is 361 g/mol. The second-order valence-corrected chi connectivity index (χ2v) is 6.33. The van der Waals surface area contributed by atoms with Crippen LogP contribution in [-0.4, -0.2) is 23.5 Å². The molecule has 0 unspecified atom stereocenters. The van der Waals surface area contributed by atoms with E-state index in [1.54, 1.807) is 0 Å². The summed E-state index contributed by atoms with van der Waals surface area (Å²) >= 11 is 5.82. The SMILES string of the molecule is O=C(CCCCCCCC#Cc1ccc(Cl)cc1)C1=C(O)COC1=O. The van der Waals surface area contributed by atoms with Crippen molar-refractivity contribution in [3.8, 4) is 11.8 Å². The molecule has 0 aliphatic carbocycles. The highest BCUT2D eigenvalue weighted by molar-refractivity contribution is 6.30. The lowest BCUT2D eigenvalue weighted by Crippen LogP contribution is -2.10.